The number of carbonyl (C=O) groups excluding carboxylic acids is 2. The van der Waals surface area contributed by atoms with Crippen molar-refractivity contribution in [3.05, 3.63) is 41.0 Å². The van der Waals surface area contributed by atoms with Gasteiger partial charge in [0.15, 0.2) is 5.75 Å². The van der Waals surface area contributed by atoms with Crippen molar-refractivity contribution >= 4 is 6.15 Å². The van der Waals surface area contributed by atoms with Crippen LogP contribution < -0.4 is 4.74 Å². The van der Waals surface area contributed by atoms with E-state index in [2.05, 4.69) is 9.72 Å². The second kappa shape index (κ2) is 10.6. The average molecular weight is 449 g/mol. The van der Waals surface area contributed by atoms with Crippen LogP contribution in [0.2, 0.25) is 0 Å². The van der Waals surface area contributed by atoms with Crippen LogP contribution in [-0.2, 0) is 28.9 Å². The first-order valence-electron chi connectivity index (χ1n) is 8.86. The van der Waals surface area contributed by atoms with E-state index in [-0.39, 0.29) is 23.1 Å². The molecule has 0 atom stereocenters. The van der Waals surface area contributed by atoms with Crippen LogP contribution >= 0.6 is 0 Å². The number of nitriles is 1. The van der Waals surface area contributed by atoms with Crippen LogP contribution in [0.5, 0.6) is 5.75 Å². The molecule has 1 heterocycles. The molecule has 31 heavy (non-hydrogen) atoms. The van der Waals surface area contributed by atoms with Gasteiger partial charge >= 0.3 is 18.7 Å². The Hall–Kier alpha value is -3.32. The van der Waals surface area contributed by atoms with Crippen LogP contribution in [-0.4, -0.2) is 28.2 Å². The van der Waals surface area contributed by atoms with E-state index in [1.54, 1.807) is 13.8 Å². The number of rotatable bonds is 6. The van der Waals surface area contributed by atoms with Crippen LogP contribution in [0.15, 0.2) is 18.2 Å². The standard InChI is InChI=1S/C18H17F6N3O.CO2/c1-3-12-14(10-25)27(16(4-2)26-12)13-6-5-11(7-8-17(19,20)21)9-15(13)28-18(22,23)24;2-1-3/h5-6,9H,3-4,7-8H2,1-2H3;. The van der Waals surface area contributed by atoms with Gasteiger partial charge in [-0.1, -0.05) is 19.9 Å². The van der Waals surface area contributed by atoms with E-state index in [0.717, 1.165) is 6.07 Å². The molecular weight excluding hydrogens is 432 g/mol. The molecule has 0 saturated carbocycles. The fourth-order valence-electron chi connectivity index (χ4n) is 2.77. The number of nitrogens with zero attached hydrogens (tertiary/aromatic N) is 3. The van der Waals surface area contributed by atoms with E-state index in [9.17, 15) is 31.6 Å². The number of ether oxygens (including phenoxy) is 1. The predicted molar refractivity (Wildman–Crippen MR) is 93.1 cm³/mol. The van der Waals surface area contributed by atoms with Gasteiger partial charge in [0, 0.05) is 12.8 Å². The highest BCUT2D eigenvalue weighted by Crippen LogP contribution is 2.34. The minimum atomic E-state index is -5.05. The maximum Gasteiger partial charge on any atom is 0.573 e. The highest BCUT2D eigenvalue weighted by molar-refractivity contribution is 5.53. The molecule has 0 aliphatic carbocycles. The number of alkyl halides is 6. The number of hydrogen-bond acceptors (Lipinski definition) is 5. The molecule has 6 nitrogen and oxygen atoms in total. The molecule has 0 bridgehead atoms. The van der Waals surface area contributed by atoms with Gasteiger partial charge in [0.2, 0.25) is 0 Å². The minimum absolute atomic E-state index is 0.0349. The Labute approximate surface area is 173 Å². The number of halogens is 6. The Bertz CT molecular complexity index is 968. The Balaban J connectivity index is 0.00000151. The summed E-state index contributed by atoms with van der Waals surface area (Å²) in [4.78, 5) is 20.5. The topological polar surface area (TPSA) is 85.0 Å². The van der Waals surface area contributed by atoms with Crippen LogP contribution in [0, 0.1) is 11.3 Å². The smallest absolute Gasteiger partial charge is 0.404 e. The van der Waals surface area contributed by atoms with Gasteiger partial charge in [0.25, 0.3) is 0 Å². The highest BCUT2D eigenvalue weighted by atomic mass is 19.4. The molecule has 0 amide bonds. The van der Waals surface area contributed by atoms with Gasteiger partial charge in [0.1, 0.15) is 17.6 Å². The molecule has 0 unspecified atom stereocenters. The van der Waals surface area contributed by atoms with Gasteiger partial charge in [-0.05, 0) is 30.5 Å². The van der Waals surface area contributed by atoms with Gasteiger partial charge in [0.05, 0.1) is 11.4 Å². The lowest BCUT2D eigenvalue weighted by molar-refractivity contribution is -0.274. The largest absolute Gasteiger partial charge is 0.573 e. The third-order valence-corrected chi connectivity index (χ3v) is 3.96. The van der Waals surface area contributed by atoms with Gasteiger partial charge in [-0.25, -0.2) is 4.98 Å². The molecule has 0 radical (unpaired) electrons. The lowest BCUT2D eigenvalue weighted by Gasteiger charge is -2.17. The quantitative estimate of drug-likeness (QED) is 0.598. The van der Waals surface area contributed by atoms with E-state index < -0.39 is 31.1 Å². The molecule has 2 rings (SSSR count). The van der Waals surface area contributed by atoms with Crippen molar-refractivity contribution in [3.63, 3.8) is 0 Å². The molecule has 0 spiro atoms. The van der Waals surface area contributed by atoms with Crippen molar-refractivity contribution in [2.24, 2.45) is 0 Å². The number of aryl methyl sites for hydroxylation is 3. The summed E-state index contributed by atoms with van der Waals surface area (Å²) in [6.45, 7) is 3.47. The first-order chi connectivity index (χ1) is 14.4. The third-order valence-electron chi connectivity index (χ3n) is 3.96. The summed E-state index contributed by atoms with van der Waals surface area (Å²) in [6, 6.07) is 5.35. The molecule has 1 aromatic carbocycles. The molecule has 2 aromatic rings. The van der Waals surface area contributed by atoms with E-state index >= 15 is 0 Å². The molecule has 0 fully saturated rings. The van der Waals surface area contributed by atoms with Crippen LogP contribution in [0.25, 0.3) is 5.69 Å². The zero-order chi connectivity index (χ0) is 23.8. The lowest BCUT2D eigenvalue weighted by Crippen LogP contribution is -2.19. The average Bonchev–Trinajstić information content (AvgIpc) is 3.03. The van der Waals surface area contributed by atoms with Gasteiger partial charge in [-0.15, -0.1) is 13.2 Å². The monoisotopic (exact) mass is 449 g/mol. The number of aromatic nitrogens is 2. The minimum Gasteiger partial charge on any atom is -0.404 e. The second-order valence-electron chi connectivity index (χ2n) is 6.03. The number of imidazole rings is 1. The number of benzene rings is 1. The summed E-state index contributed by atoms with van der Waals surface area (Å²) in [6.07, 6.45) is -10.2. The van der Waals surface area contributed by atoms with Crippen molar-refractivity contribution in [2.45, 2.75) is 52.1 Å². The molecule has 0 aliphatic rings. The maximum atomic E-state index is 12.9. The Morgan fingerprint density at radius 1 is 1.10 bits per heavy atom. The Morgan fingerprint density at radius 3 is 2.16 bits per heavy atom. The maximum absolute atomic E-state index is 12.9. The van der Waals surface area contributed by atoms with Gasteiger partial charge in [-0.3, -0.25) is 4.57 Å². The number of hydrogen-bond donors (Lipinski definition) is 0. The summed E-state index contributed by atoms with van der Waals surface area (Å²) in [5, 5.41) is 9.45. The second-order valence-corrected chi connectivity index (χ2v) is 6.03. The molecule has 12 heteroatoms. The van der Waals surface area contributed by atoms with Crippen LogP contribution in [0.1, 0.15) is 43.0 Å². The highest BCUT2D eigenvalue weighted by Gasteiger charge is 2.33. The summed E-state index contributed by atoms with van der Waals surface area (Å²) in [7, 11) is 0. The van der Waals surface area contributed by atoms with Crippen LogP contribution in [0.4, 0.5) is 26.3 Å². The van der Waals surface area contributed by atoms with Crippen molar-refractivity contribution in [2.75, 3.05) is 0 Å². The van der Waals surface area contributed by atoms with E-state index in [1.165, 1.54) is 16.7 Å². The Kier molecular flexibility index (Phi) is 8.82. The molecule has 1 aromatic heterocycles. The van der Waals surface area contributed by atoms with Crippen molar-refractivity contribution < 1.29 is 40.7 Å². The SMILES string of the molecule is CCc1nc(CC)n(-c2ccc(CCC(F)(F)F)cc2OC(F)(F)F)c1C#N.O=C=O. The summed E-state index contributed by atoms with van der Waals surface area (Å²) in [5.74, 6) is -0.332. The zero-order valence-corrected chi connectivity index (χ0v) is 16.4. The summed E-state index contributed by atoms with van der Waals surface area (Å²) < 4.78 is 81.3. The third kappa shape index (κ3) is 7.46. The fraction of sp³-hybridized carbons (Fsp3) is 0.421. The van der Waals surface area contributed by atoms with Crippen molar-refractivity contribution in [3.8, 4) is 17.5 Å². The van der Waals surface area contributed by atoms with Gasteiger partial charge < -0.3 is 4.74 Å². The molecular formula is C19H17F6N3O3. The van der Waals surface area contributed by atoms with E-state index in [0.29, 0.717) is 24.4 Å². The zero-order valence-electron chi connectivity index (χ0n) is 16.4. The summed E-state index contributed by atoms with van der Waals surface area (Å²) in [5.41, 5.74) is 0.411. The fourth-order valence-corrected chi connectivity index (χ4v) is 2.77. The van der Waals surface area contributed by atoms with Crippen LogP contribution in [0.3, 0.4) is 0 Å². The van der Waals surface area contributed by atoms with E-state index in [1.807, 2.05) is 6.07 Å². The molecule has 0 N–H and O–H groups in total. The molecule has 0 saturated heterocycles. The summed E-state index contributed by atoms with van der Waals surface area (Å²) >= 11 is 0. The first-order valence-corrected chi connectivity index (χ1v) is 8.86. The first kappa shape index (κ1) is 25.7. The van der Waals surface area contributed by atoms with Crippen molar-refractivity contribution in [1.82, 2.24) is 9.55 Å². The Morgan fingerprint density at radius 2 is 1.71 bits per heavy atom. The van der Waals surface area contributed by atoms with E-state index in [4.69, 9.17) is 9.59 Å². The lowest BCUT2D eigenvalue weighted by atomic mass is 10.1. The molecule has 168 valence electrons. The predicted octanol–water partition coefficient (Wildman–Crippen LogP) is 4.68. The molecule has 0 aliphatic heterocycles. The normalized spacial score (nSPS) is 11.2. The van der Waals surface area contributed by atoms with Crippen molar-refractivity contribution in [1.29, 1.82) is 5.26 Å². The van der Waals surface area contributed by atoms with Gasteiger partial charge in [-0.2, -0.15) is 28.0 Å².